The quantitative estimate of drug-likeness (QED) is 0.809. The number of piperidine rings is 1. The van der Waals surface area contributed by atoms with Crippen LogP contribution in [0.15, 0.2) is 0 Å². The number of fused-ring (bicyclic) bond motifs is 2. The molecule has 3 fully saturated rings. The first-order chi connectivity index (χ1) is 9.52. The molecule has 116 valence electrons. The van der Waals surface area contributed by atoms with Gasteiger partial charge in [0.2, 0.25) is 0 Å². The van der Waals surface area contributed by atoms with Crippen LogP contribution in [0.3, 0.4) is 0 Å². The topological polar surface area (TPSA) is 35.7 Å². The average molecular weight is 280 g/mol. The molecule has 4 heteroatoms. The lowest BCUT2D eigenvalue weighted by Crippen LogP contribution is -2.66. The standard InChI is InChI=1S/C16H32N4/c1-18(2)15(6-4-7-15)13-19(3)16(12-17)8-10-20-9-5-14(16)11-20/h14H,4-13,17H2,1-3H3. The second kappa shape index (κ2) is 5.24. The Hall–Kier alpha value is -0.160. The molecule has 3 aliphatic rings. The predicted molar refractivity (Wildman–Crippen MR) is 83.8 cm³/mol. The van der Waals surface area contributed by atoms with Crippen molar-refractivity contribution in [2.24, 2.45) is 11.7 Å². The summed E-state index contributed by atoms with van der Waals surface area (Å²) in [5.41, 5.74) is 6.97. The van der Waals surface area contributed by atoms with Gasteiger partial charge in [-0.25, -0.2) is 0 Å². The second-order valence-corrected chi connectivity index (χ2v) is 7.67. The largest absolute Gasteiger partial charge is 0.329 e. The van der Waals surface area contributed by atoms with Crippen LogP contribution >= 0.6 is 0 Å². The highest BCUT2D eigenvalue weighted by Crippen LogP contribution is 2.42. The lowest BCUT2D eigenvalue weighted by atomic mass is 9.72. The van der Waals surface area contributed by atoms with Crippen LogP contribution in [0.25, 0.3) is 0 Å². The van der Waals surface area contributed by atoms with Crippen LogP contribution < -0.4 is 5.73 Å². The van der Waals surface area contributed by atoms with Crippen LogP contribution in [0.1, 0.15) is 32.1 Å². The van der Waals surface area contributed by atoms with Crippen LogP contribution in [0.4, 0.5) is 0 Å². The van der Waals surface area contributed by atoms with Gasteiger partial charge in [0.05, 0.1) is 0 Å². The van der Waals surface area contributed by atoms with Crippen molar-refractivity contribution < 1.29 is 0 Å². The smallest absolute Gasteiger partial charge is 0.0382 e. The molecule has 0 aromatic heterocycles. The molecule has 0 spiro atoms. The van der Waals surface area contributed by atoms with E-state index in [4.69, 9.17) is 5.73 Å². The van der Waals surface area contributed by atoms with Crippen LogP contribution in [0.5, 0.6) is 0 Å². The summed E-state index contributed by atoms with van der Waals surface area (Å²) in [6, 6.07) is 0. The molecule has 0 aromatic carbocycles. The highest BCUT2D eigenvalue weighted by atomic mass is 15.3. The molecule has 2 aliphatic heterocycles. The van der Waals surface area contributed by atoms with E-state index in [9.17, 15) is 0 Å². The van der Waals surface area contributed by atoms with Gasteiger partial charge in [-0.05, 0) is 72.3 Å². The van der Waals surface area contributed by atoms with Crippen molar-refractivity contribution in [2.75, 3.05) is 53.9 Å². The summed E-state index contributed by atoms with van der Waals surface area (Å²) in [6.45, 7) is 5.82. The first kappa shape index (κ1) is 14.8. The molecular weight excluding hydrogens is 248 g/mol. The van der Waals surface area contributed by atoms with Crippen molar-refractivity contribution in [2.45, 2.75) is 43.2 Å². The van der Waals surface area contributed by atoms with E-state index in [2.05, 4.69) is 35.8 Å². The number of hydrogen-bond acceptors (Lipinski definition) is 4. The molecule has 3 rings (SSSR count). The van der Waals surface area contributed by atoms with Crippen molar-refractivity contribution in [3.05, 3.63) is 0 Å². The fourth-order valence-corrected chi connectivity index (χ4v) is 4.89. The lowest BCUT2D eigenvalue weighted by molar-refractivity contribution is -0.0391. The van der Waals surface area contributed by atoms with E-state index in [-0.39, 0.29) is 5.54 Å². The third-order valence-electron chi connectivity index (χ3n) is 6.77. The third-order valence-corrected chi connectivity index (χ3v) is 6.77. The summed E-state index contributed by atoms with van der Waals surface area (Å²) in [4.78, 5) is 7.73. The minimum atomic E-state index is 0.256. The van der Waals surface area contributed by atoms with E-state index in [1.807, 2.05) is 0 Å². The molecular formula is C16H32N4. The number of likely N-dealkylation sites (N-methyl/N-ethyl adjacent to an activating group) is 2. The van der Waals surface area contributed by atoms with Crippen molar-refractivity contribution >= 4 is 0 Å². The summed E-state index contributed by atoms with van der Waals surface area (Å²) in [7, 11) is 6.84. The van der Waals surface area contributed by atoms with E-state index in [1.165, 1.54) is 58.3 Å². The Morgan fingerprint density at radius 1 is 1.15 bits per heavy atom. The molecule has 3 unspecified atom stereocenters. The SMILES string of the molecule is CN(C)C1(CN(C)C2(CN)CCN3CCC2C3)CCC1. The van der Waals surface area contributed by atoms with Gasteiger partial charge in [0.15, 0.2) is 0 Å². The lowest BCUT2D eigenvalue weighted by Gasteiger charge is -2.55. The zero-order valence-corrected chi connectivity index (χ0v) is 13.6. The molecule has 2 bridgehead atoms. The normalized spacial score (nSPS) is 39.3. The van der Waals surface area contributed by atoms with Crippen molar-refractivity contribution in [1.82, 2.24) is 14.7 Å². The molecule has 1 aliphatic carbocycles. The molecule has 0 amide bonds. The van der Waals surface area contributed by atoms with Crippen LogP contribution in [0.2, 0.25) is 0 Å². The van der Waals surface area contributed by atoms with E-state index < -0.39 is 0 Å². The number of nitrogens with two attached hydrogens (primary N) is 1. The maximum Gasteiger partial charge on any atom is 0.0382 e. The minimum Gasteiger partial charge on any atom is -0.329 e. The molecule has 2 N–H and O–H groups in total. The average Bonchev–Trinajstić information content (AvgIpc) is 2.78. The van der Waals surface area contributed by atoms with Gasteiger partial charge < -0.3 is 15.5 Å². The van der Waals surface area contributed by atoms with Gasteiger partial charge >= 0.3 is 0 Å². The second-order valence-electron chi connectivity index (χ2n) is 7.67. The Bertz CT molecular complexity index is 352. The number of rotatable bonds is 5. The Kier molecular flexibility index (Phi) is 3.87. The third kappa shape index (κ3) is 2.12. The molecule has 0 aromatic rings. The number of nitrogens with zero attached hydrogens (tertiary/aromatic N) is 3. The van der Waals surface area contributed by atoms with Crippen molar-refractivity contribution in [3.63, 3.8) is 0 Å². The summed E-state index contributed by atoms with van der Waals surface area (Å²) in [5.74, 6) is 0.783. The van der Waals surface area contributed by atoms with Crippen LogP contribution in [-0.4, -0.2) is 79.6 Å². The maximum atomic E-state index is 6.30. The van der Waals surface area contributed by atoms with E-state index in [0.29, 0.717) is 5.54 Å². The molecule has 20 heavy (non-hydrogen) atoms. The van der Waals surface area contributed by atoms with E-state index in [0.717, 1.165) is 12.5 Å². The van der Waals surface area contributed by atoms with E-state index in [1.54, 1.807) is 0 Å². The fourth-order valence-electron chi connectivity index (χ4n) is 4.89. The van der Waals surface area contributed by atoms with Crippen molar-refractivity contribution in [3.8, 4) is 0 Å². The summed E-state index contributed by atoms with van der Waals surface area (Å²) < 4.78 is 0. The van der Waals surface area contributed by atoms with Gasteiger partial charge in [0.25, 0.3) is 0 Å². The van der Waals surface area contributed by atoms with E-state index >= 15 is 0 Å². The highest BCUT2D eigenvalue weighted by molar-refractivity contribution is 5.07. The Balaban J connectivity index is 1.75. The summed E-state index contributed by atoms with van der Waals surface area (Å²) in [5, 5.41) is 0. The molecule has 2 heterocycles. The van der Waals surface area contributed by atoms with Gasteiger partial charge in [-0.2, -0.15) is 0 Å². The van der Waals surface area contributed by atoms with Gasteiger partial charge in [0.1, 0.15) is 0 Å². The Morgan fingerprint density at radius 2 is 1.90 bits per heavy atom. The maximum absolute atomic E-state index is 6.30. The predicted octanol–water partition coefficient (Wildman–Crippen LogP) is 0.826. The highest BCUT2D eigenvalue weighted by Gasteiger charge is 2.50. The summed E-state index contributed by atoms with van der Waals surface area (Å²) >= 11 is 0. The molecule has 3 atom stereocenters. The zero-order chi connectivity index (χ0) is 14.4. The van der Waals surface area contributed by atoms with Crippen LogP contribution in [0, 0.1) is 5.92 Å². The van der Waals surface area contributed by atoms with Crippen LogP contribution in [-0.2, 0) is 0 Å². The van der Waals surface area contributed by atoms with Gasteiger partial charge in [-0.3, -0.25) is 4.90 Å². The molecule has 1 saturated carbocycles. The monoisotopic (exact) mass is 280 g/mol. The Morgan fingerprint density at radius 3 is 2.45 bits per heavy atom. The van der Waals surface area contributed by atoms with Gasteiger partial charge in [-0.15, -0.1) is 0 Å². The zero-order valence-electron chi connectivity index (χ0n) is 13.6. The summed E-state index contributed by atoms with van der Waals surface area (Å²) in [6.07, 6.45) is 6.69. The molecule has 4 nitrogen and oxygen atoms in total. The minimum absolute atomic E-state index is 0.256. The fraction of sp³-hybridized carbons (Fsp3) is 1.00. The first-order valence-electron chi connectivity index (χ1n) is 8.33. The molecule has 2 saturated heterocycles. The first-order valence-corrected chi connectivity index (χ1v) is 8.33. The Labute approximate surface area is 124 Å². The van der Waals surface area contributed by atoms with Crippen molar-refractivity contribution in [1.29, 1.82) is 0 Å². The van der Waals surface area contributed by atoms with Gasteiger partial charge in [0, 0.05) is 30.7 Å². The number of hydrogen-bond donors (Lipinski definition) is 1. The molecule has 0 radical (unpaired) electrons. The van der Waals surface area contributed by atoms with Gasteiger partial charge in [-0.1, -0.05) is 0 Å².